The lowest BCUT2D eigenvalue weighted by Crippen LogP contribution is -2.47. The van der Waals surface area contributed by atoms with Crippen LogP contribution >= 0.6 is 0 Å². The van der Waals surface area contributed by atoms with Crippen LogP contribution in [0, 0.1) is 22.7 Å². The summed E-state index contributed by atoms with van der Waals surface area (Å²) in [5.74, 6) is 1.15. The zero-order valence-corrected chi connectivity index (χ0v) is 16.1. The molecule has 6 nitrogen and oxygen atoms in total. The van der Waals surface area contributed by atoms with Crippen molar-refractivity contribution in [1.29, 1.82) is 10.5 Å². The van der Waals surface area contributed by atoms with Crippen molar-refractivity contribution in [3.8, 4) is 23.6 Å². The van der Waals surface area contributed by atoms with Crippen molar-refractivity contribution in [1.82, 2.24) is 4.90 Å². The second-order valence-corrected chi connectivity index (χ2v) is 7.58. The van der Waals surface area contributed by atoms with Crippen LogP contribution in [0.1, 0.15) is 49.9 Å². The molecule has 1 amide bonds. The molecule has 0 spiro atoms. The Kier molecular flexibility index (Phi) is 5.24. The van der Waals surface area contributed by atoms with Crippen molar-refractivity contribution in [2.45, 2.75) is 38.8 Å². The van der Waals surface area contributed by atoms with Gasteiger partial charge in [0, 0.05) is 12.1 Å². The zero-order valence-electron chi connectivity index (χ0n) is 16.1. The molecule has 2 aromatic carbocycles. The molecule has 6 heteroatoms. The molecule has 1 heterocycles. The molecule has 1 fully saturated rings. The van der Waals surface area contributed by atoms with E-state index in [9.17, 15) is 10.1 Å². The van der Waals surface area contributed by atoms with E-state index in [4.69, 9.17) is 14.7 Å². The van der Waals surface area contributed by atoms with E-state index in [1.165, 1.54) is 0 Å². The van der Waals surface area contributed by atoms with E-state index in [-0.39, 0.29) is 12.1 Å². The summed E-state index contributed by atoms with van der Waals surface area (Å²) in [6.07, 6.45) is 0.383. The van der Waals surface area contributed by atoms with E-state index in [1.54, 1.807) is 47.4 Å². The zero-order chi connectivity index (χ0) is 20.3. The fourth-order valence-electron chi connectivity index (χ4n) is 2.95. The molecule has 0 saturated carbocycles. The maximum atomic E-state index is 12.5. The molecule has 142 valence electrons. The van der Waals surface area contributed by atoms with Crippen molar-refractivity contribution < 1.29 is 14.3 Å². The van der Waals surface area contributed by atoms with Crippen LogP contribution in [0.3, 0.4) is 0 Å². The van der Waals surface area contributed by atoms with E-state index in [0.717, 1.165) is 12.0 Å². The Morgan fingerprint density at radius 2 is 1.71 bits per heavy atom. The quantitative estimate of drug-likeness (QED) is 0.761. The number of amides is 1. The fraction of sp³-hybridized carbons (Fsp3) is 0.318. The van der Waals surface area contributed by atoms with Gasteiger partial charge in [0.05, 0.1) is 29.3 Å². The molecular formula is C22H21N3O3. The summed E-state index contributed by atoms with van der Waals surface area (Å²) in [6.45, 7) is 6.08. The number of benzene rings is 2. The lowest BCUT2D eigenvalue weighted by atomic mass is 9.93. The fourth-order valence-corrected chi connectivity index (χ4v) is 2.95. The summed E-state index contributed by atoms with van der Waals surface area (Å²) < 4.78 is 11.5. The van der Waals surface area contributed by atoms with Crippen LogP contribution in [-0.4, -0.2) is 23.1 Å². The molecule has 1 aliphatic heterocycles. The molecule has 1 saturated heterocycles. The van der Waals surface area contributed by atoms with Crippen LogP contribution < -0.4 is 4.74 Å². The van der Waals surface area contributed by atoms with Gasteiger partial charge in [0.15, 0.2) is 0 Å². The largest absolute Gasteiger partial charge is 0.457 e. The van der Waals surface area contributed by atoms with Gasteiger partial charge in [-0.1, -0.05) is 0 Å². The van der Waals surface area contributed by atoms with E-state index >= 15 is 0 Å². The SMILES string of the molecule is CC(C)(C)OC(=O)N1CCC1c1cc(C#N)ccc1Oc1ccc(C#N)cc1. The molecule has 3 rings (SSSR count). The second kappa shape index (κ2) is 7.62. The van der Waals surface area contributed by atoms with Gasteiger partial charge in [-0.15, -0.1) is 0 Å². The number of nitriles is 2. The molecule has 0 radical (unpaired) electrons. The Balaban J connectivity index is 1.88. The lowest BCUT2D eigenvalue weighted by molar-refractivity contribution is -0.00602. The van der Waals surface area contributed by atoms with E-state index in [0.29, 0.717) is 29.2 Å². The van der Waals surface area contributed by atoms with Gasteiger partial charge in [0.25, 0.3) is 0 Å². The highest BCUT2D eigenvalue weighted by molar-refractivity contribution is 5.70. The average Bonchev–Trinajstić information content (AvgIpc) is 2.61. The van der Waals surface area contributed by atoms with Crippen molar-refractivity contribution in [2.24, 2.45) is 0 Å². The highest BCUT2D eigenvalue weighted by Gasteiger charge is 2.38. The monoisotopic (exact) mass is 375 g/mol. The number of hydrogen-bond donors (Lipinski definition) is 0. The first-order valence-corrected chi connectivity index (χ1v) is 9.02. The average molecular weight is 375 g/mol. The molecule has 0 bridgehead atoms. The number of rotatable bonds is 3. The normalized spacial score (nSPS) is 15.8. The number of ether oxygens (including phenoxy) is 2. The molecule has 1 aliphatic rings. The molecule has 0 aliphatic carbocycles. The smallest absolute Gasteiger partial charge is 0.410 e. The summed E-state index contributed by atoms with van der Waals surface area (Å²) >= 11 is 0. The highest BCUT2D eigenvalue weighted by Crippen LogP contribution is 2.41. The van der Waals surface area contributed by atoms with E-state index in [1.807, 2.05) is 20.8 Å². The van der Waals surface area contributed by atoms with Gasteiger partial charge in [0.1, 0.15) is 17.1 Å². The molecule has 0 N–H and O–H groups in total. The van der Waals surface area contributed by atoms with Crippen LogP contribution in [0.2, 0.25) is 0 Å². The predicted octanol–water partition coefficient (Wildman–Crippen LogP) is 4.90. The van der Waals surface area contributed by atoms with Gasteiger partial charge in [-0.3, -0.25) is 0 Å². The van der Waals surface area contributed by atoms with E-state index in [2.05, 4.69) is 12.1 Å². The molecule has 1 atom stereocenters. The van der Waals surface area contributed by atoms with Crippen molar-refractivity contribution >= 4 is 6.09 Å². The molecule has 0 aromatic heterocycles. The minimum absolute atomic E-state index is 0.212. The third kappa shape index (κ3) is 4.24. The second-order valence-electron chi connectivity index (χ2n) is 7.58. The number of likely N-dealkylation sites (tertiary alicyclic amines) is 1. The maximum Gasteiger partial charge on any atom is 0.410 e. The number of carbonyl (C=O) groups is 1. The van der Waals surface area contributed by atoms with Gasteiger partial charge < -0.3 is 14.4 Å². The van der Waals surface area contributed by atoms with Crippen LogP contribution in [0.25, 0.3) is 0 Å². The summed E-state index contributed by atoms with van der Waals surface area (Å²) in [6, 6.07) is 15.9. The first kappa shape index (κ1) is 19.3. The molecular weight excluding hydrogens is 354 g/mol. The van der Waals surface area contributed by atoms with Crippen LogP contribution in [0.15, 0.2) is 42.5 Å². The van der Waals surface area contributed by atoms with Crippen molar-refractivity contribution in [3.05, 3.63) is 59.2 Å². The number of carbonyl (C=O) groups excluding carboxylic acids is 1. The van der Waals surface area contributed by atoms with Gasteiger partial charge >= 0.3 is 6.09 Å². The van der Waals surface area contributed by atoms with Gasteiger partial charge in [-0.05, 0) is 69.7 Å². The number of hydrogen-bond acceptors (Lipinski definition) is 5. The number of nitrogens with zero attached hydrogens (tertiary/aromatic N) is 3. The maximum absolute atomic E-state index is 12.5. The van der Waals surface area contributed by atoms with Crippen molar-refractivity contribution in [3.63, 3.8) is 0 Å². The standard InChI is InChI=1S/C22H21N3O3/c1-22(2,3)28-21(26)25-11-10-19(25)18-12-16(14-24)6-9-20(18)27-17-7-4-15(13-23)5-8-17/h4-9,12,19H,10-11H2,1-3H3. The van der Waals surface area contributed by atoms with Crippen LogP contribution in [0.4, 0.5) is 4.79 Å². The highest BCUT2D eigenvalue weighted by atomic mass is 16.6. The summed E-state index contributed by atoms with van der Waals surface area (Å²) in [5, 5.41) is 18.2. The Bertz CT molecular complexity index is 962. The van der Waals surface area contributed by atoms with Crippen LogP contribution in [0.5, 0.6) is 11.5 Å². The summed E-state index contributed by atoms with van der Waals surface area (Å²) in [5.41, 5.74) is 1.23. The van der Waals surface area contributed by atoms with Gasteiger partial charge in [-0.25, -0.2) is 4.79 Å². The predicted molar refractivity (Wildman–Crippen MR) is 103 cm³/mol. The van der Waals surface area contributed by atoms with Gasteiger partial charge in [-0.2, -0.15) is 10.5 Å². The lowest BCUT2D eigenvalue weighted by Gasteiger charge is -2.42. The Morgan fingerprint density at radius 3 is 2.25 bits per heavy atom. The first-order chi connectivity index (χ1) is 13.3. The Labute approximate surface area is 164 Å². The van der Waals surface area contributed by atoms with E-state index < -0.39 is 5.60 Å². The molecule has 1 unspecified atom stereocenters. The third-order valence-corrected chi connectivity index (χ3v) is 4.36. The molecule has 2 aromatic rings. The topological polar surface area (TPSA) is 86.3 Å². The Hall–Kier alpha value is -3.51. The van der Waals surface area contributed by atoms with Gasteiger partial charge in [0.2, 0.25) is 0 Å². The third-order valence-electron chi connectivity index (χ3n) is 4.36. The summed E-state index contributed by atoms with van der Waals surface area (Å²) in [4.78, 5) is 14.1. The summed E-state index contributed by atoms with van der Waals surface area (Å²) in [7, 11) is 0. The Morgan fingerprint density at radius 1 is 1.07 bits per heavy atom. The minimum atomic E-state index is -0.576. The minimum Gasteiger partial charge on any atom is -0.457 e. The first-order valence-electron chi connectivity index (χ1n) is 9.02. The molecule has 28 heavy (non-hydrogen) atoms. The van der Waals surface area contributed by atoms with Crippen LogP contribution in [-0.2, 0) is 4.74 Å². The van der Waals surface area contributed by atoms with Crippen molar-refractivity contribution in [2.75, 3.05) is 6.54 Å².